The molecule has 8 nitrogen and oxygen atoms in total. The number of nitrogens with zero attached hydrogens (tertiary/aromatic N) is 4. The summed E-state index contributed by atoms with van der Waals surface area (Å²) in [5, 5.41) is 7.98. The summed E-state index contributed by atoms with van der Waals surface area (Å²) in [7, 11) is 0. The molecule has 0 saturated heterocycles. The molecule has 8 heteroatoms. The van der Waals surface area contributed by atoms with Gasteiger partial charge in [0.2, 0.25) is 5.91 Å². The lowest BCUT2D eigenvalue weighted by atomic mass is 10.2. The fourth-order valence-corrected chi connectivity index (χ4v) is 3.25. The van der Waals surface area contributed by atoms with Crippen molar-refractivity contribution in [2.75, 3.05) is 16.8 Å². The number of nitrogens with one attached hydrogen (secondary N) is 1. The van der Waals surface area contributed by atoms with Crippen LogP contribution in [-0.4, -0.2) is 39.2 Å². The quantitative estimate of drug-likeness (QED) is 0.753. The molecular weight excluding hydrogens is 358 g/mol. The topological polar surface area (TPSA) is 89.4 Å². The van der Waals surface area contributed by atoms with Crippen LogP contribution in [0.2, 0.25) is 0 Å². The van der Waals surface area contributed by atoms with Crippen LogP contribution in [0.1, 0.15) is 26.8 Å². The van der Waals surface area contributed by atoms with Gasteiger partial charge in [-0.2, -0.15) is 5.10 Å². The second-order valence-electron chi connectivity index (χ2n) is 7.02. The molecule has 0 aliphatic carbocycles. The maximum Gasteiger partial charge on any atom is 0.268 e. The first kappa shape index (κ1) is 18.0. The number of carbonyl (C=O) groups excluding carboxylic acids is 2. The standard InChI is InChI=1S/C20H21N5O3/c1-12(2)25-19-14(9-22-25)8-15(10-21-19)23-18(26)11-24-16-6-4-5-7-17(16)28-13(3)20(24)27/h4-10,12-13H,11H2,1-3H3,(H,23,26)/t13-/m0/s1. The summed E-state index contributed by atoms with van der Waals surface area (Å²) in [5.41, 5.74) is 1.91. The van der Waals surface area contributed by atoms with Gasteiger partial charge in [-0.15, -0.1) is 0 Å². The minimum atomic E-state index is -0.636. The summed E-state index contributed by atoms with van der Waals surface area (Å²) < 4.78 is 7.43. The molecule has 0 unspecified atom stereocenters. The average Bonchev–Trinajstić information content (AvgIpc) is 3.09. The number of ether oxygens (including phenoxy) is 1. The predicted molar refractivity (Wildman–Crippen MR) is 105 cm³/mol. The highest BCUT2D eigenvalue weighted by Gasteiger charge is 2.32. The molecule has 0 saturated carbocycles. The van der Waals surface area contributed by atoms with Crippen molar-refractivity contribution in [2.24, 2.45) is 0 Å². The normalized spacial score (nSPS) is 16.2. The third-order valence-electron chi connectivity index (χ3n) is 4.58. The van der Waals surface area contributed by atoms with Gasteiger partial charge in [-0.1, -0.05) is 12.1 Å². The molecule has 1 aliphatic heterocycles. The van der Waals surface area contributed by atoms with Crippen molar-refractivity contribution < 1.29 is 14.3 Å². The molecule has 3 aromatic rings. The zero-order valence-electron chi connectivity index (χ0n) is 15.9. The van der Waals surface area contributed by atoms with Crippen molar-refractivity contribution in [3.8, 4) is 5.75 Å². The van der Waals surface area contributed by atoms with Crippen LogP contribution < -0.4 is 15.0 Å². The molecule has 1 atom stereocenters. The lowest BCUT2D eigenvalue weighted by Crippen LogP contribution is -2.47. The number of fused-ring (bicyclic) bond motifs is 2. The Balaban J connectivity index is 1.53. The molecule has 2 amide bonds. The SMILES string of the molecule is CC(C)n1ncc2cc(NC(=O)CN3C(=O)[C@H](C)Oc4ccccc43)cnc21. The number of hydrogen-bond donors (Lipinski definition) is 1. The summed E-state index contributed by atoms with van der Waals surface area (Å²) in [6, 6.07) is 9.20. The van der Waals surface area contributed by atoms with Gasteiger partial charge in [0.1, 0.15) is 12.3 Å². The second-order valence-corrected chi connectivity index (χ2v) is 7.02. The summed E-state index contributed by atoms with van der Waals surface area (Å²) in [4.78, 5) is 31.0. The Labute approximate surface area is 162 Å². The number of pyridine rings is 1. The van der Waals surface area contributed by atoms with E-state index in [9.17, 15) is 9.59 Å². The zero-order chi connectivity index (χ0) is 19.8. The number of benzene rings is 1. The lowest BCUT2D eigenvalue weighted by Gasteiger charge is -2.32. The van der Waals surface area contributed by atoms with E-state index >= 15 is 0 Å². The molecular formula is C20H21N5O3. The summed E-state index contributed by atoms with van der Waals surface area (Å²) >= 11 is 0. The molecule has 0 bridgehead atoms. The largest absolute Gasteiger partial charge is 0.479 e. The van der Waals surface area contributed by atoms with Gasteiger partial charge < -0.3 is 10.1 Å². The molecule has 1 aromatic carbocycles. The number of para-hydroxylation sites is 2. The van der Waals surface area contributed by atoms with Crippen LogP contribution in [0.3, 0.4) is 0 Å². The summed E-state index contributed by atoms with van der Waals surface area (Å²) in [5.74, 6) is 0.0295. The molecule has 144 valence electrons. The lowest BCUT2D eigenvalue weighted by molar-refractivity contribution is -0.127. The van der Waals surface area contributed by atoms with Gasteiger partial charge in [0, 0.05) is 11.4 Å². The minimum absolute atomic E-state index is 0.104. The van der Waals surface area contributed by atoms with Crippen molar-refractivity contribution in [1.82, 2.24) is 14.8 Å². The van der Waals surface area contributed by atoms with E-state index in [1.165, 1.54) is 4.90 Å². The van der Waals surface area contributed by atoms with E-state index < -0.39 is 6.10 Å². The Hall–Kier alpha value is -3.42. The first-order chi connectivity index (χ1) is 13.4. The van der Waals surface area contributed by atoms with Crippen LogP contribution in [0.4, 0.5) is 11.4 Å². The highest BCUT2D eigenvalue weighted by atomic mass is 16.5. The van der Waals surface area contributed by atoms with E-state index in [0.29, 0.717) is 17.1 Å². The van der Waals surface area contributed by atoms with Gasteiger partial charge in [-0.25, -0.2) is 9.67 Å². The van der Waals surface area contributed by atoms with E-state index in [4.69, 9.17) is 4.74 Å². The van der Waals surface area contributed by atoms with Crippen molar-refractivity contribution in [1.29, 1.82) is 0 Å². The maximum absolute atomic E-state index is 12.6. The third kappa shape index (κ3) is 3.17. The number of amides is 2. The number of carbonyl (C=O) groups is 2. The van der Waals surface area contributed by atoms with Crippen molar-refractivity contribution in [3.63, 3.8) is 0 Å². The highest BCUT2D eigenvalue weighted by Crippen LogP contribution is 2.33. The minimum Gasteiger partial charge on any atom is -0.479 e. The first-order valence-corrected chi connectivity index (χ1v) is 9.14. The molecule has 2 aromatic heterocycles. The number of hydrogen-bond acceptors (Lipinski definition) is 5. The smallest absolute Gasteiger partial charge is 0.268 e. The Morgan fingerprint density at radius 3 is 2.86 bits per heavy atom. The molecule has 3 heterocycles. The van der Waals surface area contributed by atoms with E-state index in [1.807, 2.05) is 30.7 Å². The summed E-state index contributed by atoms with van der Waals surface area (Å²) in [6.07, 6.45) is 2.68. The summed E-state index contributed by atoms with van der Waals surface area (Å²) in [6.45, 7) is 5.63. The number of aromatic nitrogens is 3. The second kappa shape index (κ2) is 6.95. The number of anilines is 2. The van der Waals surface area contributed by atoms with Crippen molar-refractivity contribution in [2.45, 2.75) is 32.9 Å². The molecule has 1 aliphatic rings. The fourth-order valence-electron chi connectivity index (χ4n) is 3.25. The molecule has 1 N–H and O–H groups in total. The van der Waals surface area contributed by atoms with Gasteiger partial charge >= 0.3 is 0 Å². The van der Waals surface area contributed by atoms with Gasteiger partial charge in [0.25, 0.3) is 5.91 Å². The third-order valence-corrected chi connectivity index (χ3v) is 4.58. The van der Waals surface area contributed by atoms with E-state index in [1.54, 1.807) is 37.5 Å². The van der Waals surface area contributed by atoms with Crippen LogP contribution in [-0.2, 0) is 9.59 Å². The Bertz CT molecular complexity index is 1060. The molecule has 4 rings (SSSR count). The van der Waals surface area contributed by atoms with E-state index in [0.717, 1.165) is 11.0 Å². The van der Waals surface area contributed by atoms with Crippen LogP contribution >= 0.6 is 0 Å². The molecule has 0 spiro atoms. The van der Waals surface area contributed by atoms with Crippen LogP contribution in [0.15, 0.2) is 42.7 Å². The van der Waals surface area contributed by atoms with Gasteiger partial charge in [-0.3, -0.25) is 14.5 Å². The van der Waals surface area contributed by atoms with Gasteiger partial charge in [0.05, 0.1) is 23.8 Å². The maximum atomic E-state index is 12.6. The van der Waals surface area contributed by atoms with Crippen molar-refractivity contribution >= 4 is 34.2 Å². The zero-order valence-corrected chi connectivity index (χ0v) is 15.9. The highest BCUT2D eigenvalue weighted by molar-refractivity contribution is 6.06. The molecule has 28 heavy (non-hydrogen) atoms. The van der Waals surface area contributed by atoms with E-state index in [-0.39, 0.29) is 24.4 Å². The van der Waals surface area contributed by atoms with Crippen LogP contribution in [0, 0.1) is 0 Å². The van der Waals surface area contributed by atoms with E-state index in [2.05, 4.69) is 15.4 Å². The molecule has 0 fully saturated rings. The predicted octanol–water partition coefficient (Wildman–Crippen LogP) is 2.76. The van der Waals surface area contributed by atoms with Gasteiger partial charge in [-0.05, 0) is 39.0 Å². The first-order valence-electron chi connectivity index (χ1n) is 9.14. The fraction of sp³-hybridized carbons (Fsp3) is 0.300. The number of rotatable bonds is 4. The average molecular weight is 379 g/mol. The van der Waals surface area contributed by atoms with Gasteiger partial charge in [0.15, 0.2) is 11.8 Å². The van der Waals surface area contributed by atoms with Crippen molar-refractivity contribution in [3.05, 3.63) is 42.7 Å². The molecule has 0 radical (unpaired) electrons. The Kier molecular flexibility index (Phi) is 4.46. The Morgan fingerprint density at radius 1 is 1.29 bits per heavy atom. The Morgan fingerprint density at radius 2 is 2.07 bits per heavy atom. The monoisotopic (exact) mass is 379 g/mol. The van der Waals surface area contributed by atoms with Crippen LogP contribution in [0.5, 0.6) is 5.75 Å². The van der Waals surface area contributed by atoms with Crippen LogP contribution in [0.25, 0.3) is 11.0 Å².